The lowest BCUT2D eigenvalue weighted by Gasteiger charge is -2.39. The Morgan fingerprint density at radius 1 is 1.21 bits per heavy atom. The summed E-state index contributed by atoms with van der Waals surface area (Å²) in [6, 6.07) is 5.01. The molecule has 0 saturated carbocycles. The van der Waals surface area contributed by atoms with Gasteiger partial charge >= 0.3 is 0 Å². The predicted molar refractivity (Wildman–Crippen MR) is 121 cm³/mol. The lowest BCUT2D eigenvalue weighted by molar-refractivity contribution is 0.125. The Kier molecular flexibility index (Phi) is 8.62. The number of piperidine rings is 2. The van der Waals surface area contributed by atoms with Crippen molar-refractivity contribution in [3.63, 3.8) is 0 Å². The van der Waals surface area contributed by atoms with Crippen molar-refractivity contribution in [3.05, 3.63) is 22.4 Å². The van der Waals surface area contributed by atoms with Gasteiger partial charge < -0.3 is 15.5 Å². The number of guanidine groups is 1. The second-order valence-electron chi connectivity index (χ2n) is 8.35. The zero-order chi connectivity index (χ0) is 19.8. The maximum Gasteiger partial charge on any atom is 0.191 e. The van der Waals surface area contributed by atoms with Gasteiger partial charge in [0.15, 0.2) is 5.96 Å². The highest BCUT2D eigenvalue weighted by Gasteiger charge is 2.31. The number of nitrogens with zero attached hydrogens (tertiary/aromatic N) is 3. The molecule has 3 atom stereocenters. The summed E-state index contributed by atoms with van der Waals surface area (Å²) in [7, 11) is 2.28. The van der Waals surface area contributed by atoms with Gasteiger partial charge in [0.05, 0.1) is 0 Å². The number of aliphatic imine (C=N–C) groups is 1. The number of likely N-dealkylation sites (tertiary alicyclic amines) is 2. The molecule has 3 rings (SSSR count). The van der Waals surface area contributed by atoms with Crippen LogP contribution in [0.4, 0.5) is 0 Å². The van der Waals surface area contributed by atoms with Gasteiger partial charge in [-0.05, 0) is 82.6 Å². The number of hydrogen-bond acceptors (Lipinski definition) is 4. The van der Waals surface area contributed by atoms with Crippen LogP contribution < -0.4 is 10.6 Å². The summed E-state index contributed by atoms with van der Waals surface area (Å²) in [5.74, 6) is 2.32. The van der Waals surface area contributed by atoms with E-state index in [1.165, 1.54) is 50.2 Å². The van der Waals surface area contributed by atoms with E-state index in [1.54, 1.807) is 0 Å². The minimum absolute atomic E-state index is 0.528. The van der Waals surface area contributed by atoms with Crippen LogP contribution in [-0.2, 0) is 0 Å². The normalized spacial score (nSPS) is 27.7. The number of rotatable bonds is 7. The van der Waals surface area contributed by atoms with E-state index in [-0.39, 0.29) is 0 Å². The molecule has 0 spiro atoms. The van der Waals surface area contributed by atoms with Crippen molar-refractivity contribution in [1.29, 1.82) is 0 Å². The van der Waals surface area contributed by atoms with Gasteiger partial charge in [0, 0.05) is 37.1 Å². The summed E-state index contributed by atoms with van der Waals surface area (Å²) in [6.45, 7) is 12.1. The van der Waals surface area contributed by atoms with Crippen molar-refractivity contribution in [1.82, 2.24) is 20.4 Å². The SMILES string of the molecule is CCNC(=NCC1CCCN(CC)C1)NCC1CCCN(C)C1c1cccs1. The third kappa shape index (κ3) is 5.94. The van der Waals surface area contributed by atoms with E-state index < -0.39 is 0 Å². The van der Waals surface area contributed by atoms with Crippen LogP contribution >= 0.6 is 11.3 Å². The van der Waals surface area contributed by atoms with Crippen LogP contribution in [0.15, 0.2) is 22.5 Å². The highest BCUT2D eigenvalue weighted by Crippen LogP contribution is 2.36. The van der Waals surface area contributed by atoms with Gasteiger partial charge in [0.1, 0.15) is 0 Å². The first-order chi connectivity index (χ1) is 13.7. The van der Waals surface area contributed by atoms with Crippen molar-refractivity contribution in [2.24, 2.45) is 16.8 Å². The number of thiophene rings is 1. The minimum atomic E-state index is 0.528. The molecule has 1 aromatic rings. The quantitative estimate of drug-likeness (QED) is 0.539. The average Bonchev–Trinajstić information content (AvgIpc) is 3.24. The maximum atomic E-state index is 4.95. The zero-order valence-corrected chi connectivity index (χ0v) is 18.8. The smallest absolute Gasteiger partial charge is 0.191 e. The van der Waals surface area contributed by atoms with Crippen LogP contribution in [0, 0.1) is 11.8 Å². The van der Waals surface area contributed by atoms with Crippen molar-refractivity contribution in [3.8, 4) is 0 Å². The molecule has 6 heteroatoms. The van der Waals surface area contributed by atoms with Gasteiger partial charge in [-0.1, -0.05) is 13.0 Å². The van der Waals surface area contributed by atoms with Gasteiger partial charge in [0.2, 0.25) is 0 Å². The van der Waals surface area contributed by atoms with E-state index in [1.807, 2.05) is 11.3 Å². The molecule has 0 amide bonds. The Hall–Kier alpha value is -1.11. The lowest BCUT2D eigenvalue weighted by atomic mass is 9.88. The van der Waals surface area contributed by atoms with Crippen LogP contribution in [0.1, 0.15) is 50.4 Å². The molecule has 1 aromatic heterocycles. The molecule has 158 valence electrons. The van der Waals surface area contributed by atoms with Crippen LogP contribution in [0.25, 0.3) is 0 Å². The monoisotopic (exact) mass is 405 g/mol. The Morgan fingerprint density at radius 3 is 2.82 bits per heavy atom. The molecule has 5 nitrogen and oxygen atoms in total. The van der Waals surface area contributed by atoms with E-state index in [0.29, 0.717) is 17.9 Å². The minimum Gasteiger partial charge on any atom is -0.357 e. The summed E-state index contributed by atoms with van der Waals surface area (Å²) in [4.78, 5) is 11.5. The van der Waals surface area contributed by atoms with Gasteiger partial charge in [0.25, 0.3) is 0 Å². The summed E-state index contributed by atoms with van der Waals surface area (Å²) >= 11 is 1.89. The summed E-state index contributed by atoms with van der Waals surface area (Å²) < 4.78 is 0. The van der Waals surface area contributed by atoms with E-state index in [9.17, 15) is 0 Å². The standard InChI is InChI=1S/C22H39N5S/c1-4-23-22(24-15-18-9-6-13-27(5-2)17-18)25-16-19-10-7-12-26(3)21(19)20-11-8-14-28-20/h8,11,14,18-19,21H,4-7,9-10,12-13,15-17H2,1-3H3,(H2,23,24,25). The fourth-order valence-corrected chi connectivity index (χ4v) is 5.74. The van der Waals surface area contributed by atoms with E-state index in [0.717, 1.165) is 32.1 Å². The Bertz CT molecular complexity index is 588. The van der Waals surface area contributed by atoms with Crippen LogP contribution in [0.3, 0.4) is 0 Å². The summed E-state index contributed by atoms with van der Waals surface area (Å²) in [6.07, 6.45) is 5.20. The van der Waals surface area contributed by atoms with E-state index >= 15 is 0 Å². The molecule has 2 N–H and O–H groups in total. The van der Waals surface area contributed by atoms with Crippen LogP contribution in [-0.4, -0.2) is 68.6 Å². The molecule has 0 aliphatic carbocycles. The molecular formula is C22H39N5S. The summed E-state index contributed by atoms with van der Waals surface area (Å²) in [5, 5.41) is 9.34. The second-order valence-corrected chi connectivity index (χ2v) is 9.32. The van der Waals surface area contributed by atoms with Gasteiger partial charge in [-0.15, -0.1) is 11.3 Å². The number of hydrogen-bond donors (Lipinski definition) is 2. The Morgan fingerprint density at radius 2 is 2.07 bits per heavy atom. The molecule has 2 saturated heterocycles. The van der Waals surface area contributed by atoms with Gasteiger partial charge in [-0.2, -0.15) is 0 Å². The number of nitrogens with one attached hydrogen (secondary N) is 2. The first kappa shape index (κ1) is 21.6. The van der Waals surface area contributed by atoms with Crippen LogP contribution in [0.5, 0.6) is 0 Å². The molecule has 3 heterocycles. The molecule has 2 fully saturated rings. The highest BCUT2D eigenvalue weighted by atomic mass is 32.1. The zero-order valence-electron chi connectivity index (χ0n) is 18.0. The third-order valence-electron chi connectivity index (χ3n) is 6.28. The van der Waals surface area contributed by atoms with Crippen LogP contribution in [0.2, 0.25) is 0 Å². The third-order valence-corrected chi connectivity index (χ3v) is 7.22. The fourth-order valence-electron chi connectivity index (χ4n) is 4.76. The second kappa shape index (κ2) is 11.2. The molecule has 28 heavy (non-hydrogen) atoms. The van der Waals surface area contributed by atoms with Crippen molar-refractivity contribution in [2.45, 2.75) is 45.6 Å². The molecular weight excluding hydrogens is 366 g/mol. The topological polar surface area (TPSA) is 42.9 Å². The Balaban J connectivity index is 1.57. The largest absolute Gasteiger partial charge is 0.357 e. The van der Waals surface area contributed by atoms with Gasteiger partial charge in [-0.25, -0.2) is 0 Å². The molecule has 0 aromatic carbocycles. The fraction of sp³-hybridized carbons (Fsp3) is 0.773. The highest BCUT2D eigenvalue weighted by molar-refractivity contribution is 7.10. The van der Waals surface area contributed by atoms with Crippen molar-refractivity contribution >= 4 is 17.3 Å². The van der Waals surface area contributed by atoms with E-state index in [4.69, 9.17) is 4.99 Å². The first-order valence-electron chi connectivity index (χ1n) is 11.2. The molecule has 2 aliphatic heterocycles. The Labute approximate surface area is 175 Å². The molecule has 0 radical (unpaired) electrons. The molecule has 0 bridgehead atoms. The van der Waals surface area contributed by atoms with Crippen molar-refractivity contribution < 1.29 is 0 Å². The molecule has 3 unspecified atom stereocenters. The average molecular weight is 406 g/mol. The predicted octanol–water partition coefficient (Wildman–Crippen LogP) is 3.42. The van der Waals surface area contributed by atoms with Crippen molar-refractivity contribution in [2.75, 3.05) is 52.9 Å². The lowest BCUT2D eigenvalue weighted by Crippen LogP contribution is -2.45. The molecule has 2 aliphatic rings. The maximum absolute atomic E-state index is 4.95. The summed E-state index contributed by atoms with van der Waals surface area (Å²) in [5.41, 5.74) is 0. The van der Waals surface area contributed by atoms with E-state index in [2.05, 4.69) is 58.8 Å². The van der Waals surface area contributed by atoms with Gasteiger partial charge in [-0.3, -0.25) is 9.89 Å². The first-order valence-corrected chi connectivity index (χ1v) is 12.1.